The monoisotopic (exact) mass is 362 g/mol. The summed E-state index contributed by atoms with van der Waals surface area (Å²) in [5.41, 5.74) is 2.61. The summed E-state index contributed by atoms with van der Waals surface area (Å²) in [7, 11) is 0. The van der Waals surface area contributed by atoms with Crippen LogP contribution in [0.25, 0.3) is 0 Å². The van der Waals surface area contributed by atoms with Crippen LogP contribution in [0.5, 0.6) is 0 Å². The van der Waals surface area contributed by atoms with Gasteiger partial charge in [0.25, 0.3) is 11.8 Å². The van der Waals surface area contributed by atoms with E-state index in [0.29, 0.717) is 29.8 Å². The second kappa shape index (κ2) is 8.76. The summed E-state index contributed by atoms with van der Waals surface area (Å²) in [5, 5.41) is 5.61. The highest BCUT2D eigenvalue weighted by atomic mass is 19.1. The van der Waals surface area contributed by atoms with Crippen LogP contribution in [0.3, 0.4) is 0 Å². The van der Waals surface area contributed by atoms with Crippen molar-refractivity contribution in [2.75, 3.05) is 11.9 Å². The number of hydrogen-bond donors (Lipinski definition) is 2. The smallest absolute Gasteiger partial charge is 0.255 e. The highest BCUT2D eigenvalue weighted by Crippen LogP contribution is 2.10. The van der Waals surface area contributed by atoms with E-state index in [4.69, 9.17) is 0 Å². The number of rotatable bonds is 6. The molecule has 3 aromatic carbocycles. The van der Waals surface area contributed by atoms with E-state index in [2.05, 4.69) is 10.6 Å². The molecule has 3 rings (SSSR count). The van der Waals surface area contributed by atoms with Gasteiger partial charge in [-0.15, -0.1) is 0 Å². The average Bonchev–Trinajstić information content (AvgIpc) is 2.70. The van der Waals surface area contributed by atoms with Gasteiger partial charge in [0.1, 0.15) is 5.82 Å². The molecular weight excluding hydrogens is 343 g/mol. The Labute approximate surface area is 157 Å². The minimum atomic E-state index is -0.279. The summed E-state index contributed by atoms with van der Waals surface area (Å²) in [6, 6.07) is 21.8. The molecule has 3 aromatic rings. The summed E-state index contributed by atoms with van der Waals surface area (Å²) >= 11 is 0. The zero-order valence-corrected chi connectivity index (χ0v) is 14.6. The molecule has 0 spiro atoms. The van der Waals surface area contributed by atoms with Crippen molar-refractivity contribution in [2.45, 2.75) is 6.42 Å². The molecule has 4 nitrogen and oxygen atoms in total. The molecule has 0 bridgehead atoms. The predicted molar refractivity (Wildman–Crippen MR) is 103 cm³/mol. The molecule has 0 atom stereocenters. The normalized spacial score (nSPS) is 10.3. The summed E-state index contributed by atoms with van der Waals surface area (Å²) < 4.78 is 12.9. The standard InChI is InChI=1S/C22H19FN2O2/c23-19-12-6-16(7-13-19)14-15-24-21(26)17-8-10-18(11-9-17)22(27)25-20-4-2-1-3-5-20/h1-13H,14-15H2,(H,24,26)(H,25,27). The van der Waals surface area contributed by atoms with E-state index in [1.54, 1.807) is 48.5 Å². The molecule has 0 radical (unpaired) electrons. The molecule has 136 valence electrons. The number of carbonyl (C=O) groups is 2. The minimum absolute atomic E-state index is 0.216. The highest BCUT2D eigenvalue weighted by molar-refractivity contribution is 6.05. The molecule has 0 aliphatic rings. The van der Waals surface area contributed by atoms with Crippen molar-refractivity contribution < 1.29 is 14.0 Å². The fraction of sp³-hybridized carbons (Fsp3) is 0.0909. The Kier molecular flexibility index (Phi) is 5.94. The van der Waals surface area contributed by atoms with Crippen molar-refractivity contribution in [2.24, 2.45) is 0 Å². The van der Waals surface area contributed by atoms with Gasteiger partial charge in [-0.25, -0.2) is 4.39 Å². The zero-order chi connectivity index (χ0) is 19.1. The summed E-state index contributed by atoms with van der Waals surface area (Å²) in [6.07, 6.45) is 0.615. The van der Waals surface area contributed by atoms with Gasteiger partial charge >= 0.3 is 0 Å². The molecule has 2 N–H and O–H groups in total. The lowest BCUT2D eigenvalue weighted by atomic mass is 10.1. The van der Waals surface area contributed by atoms with Gasteiger partial charge < -0.3 is 10.6 Å². The number of nitrogens with one attached hydrogen (secondary N) is 2. The van der Waals surface area contributed by atoms with E-state index in [1.165, 1.54) is 12.1 Å². The lowest BCUT2D eigenvalue weighted by molar-refractivity contribution is 0.0952. The van der Waals surface area contributed by atoms with Crippen LogP contribution in [-0.2, 0) is 6.42 Å². The van der Waals surface area contributed by atoms with Crippen LogP contribution in [0.4, 0.5) is 10.1 Å². The van der Waals surface area contributed by atoms with E-state index < -0.39 is 0 Å². The van der Waals surface area contributed by atoms with Gasteiger partial charge in [0.15, 0.2) is 0 Å². The van der Waals surface area contributed by atoms with Gasteiger partial charge in [-0.3, -0.25) is 9.59 Å². The van der Waals surface area contributed by atoms with Crippen molar-refractivity contribution in [3.63, 3.8) is 0 Å². The summed E-state index contributed by atoms with van der Waals surface area (Å²) in [4.78, 5) is 24.4. The molecule has 0 fully saturated rings. The number of amides is 2. The molecule has 0 aliphatic carbocycles. The number of carbonyl (C=O) groups excluding carboxylic acids is 2. The van der Waals surface area contributed by atoms with Crippen LogP contribution in [0.15, 0.2) is 78.9 Å². The van der Waals surface area contributed by atoms with Crippen molar-refractivity contribution in [3.05, 3.63) is 101 Å². The van der Waals surface area contributed by atoms with Crippen LogP contribution in [0, 0.1) is 5.82 Å². The highest BCUT2D eigenvalue weighted by Gasteiger charge is 2.09. The van der Waals surface area contributed by atoms with E-state index in [9.17, 15) is 14.0 Å². The Balaban J connectivity index is 1.52. The lowest BCUT2D eigenvalue weighted by Gasteiger charge is -2.07. The molecule has 5 heteroatoms. The summed E-state index contributed by atoms with van der Waals surface area (Å²) in [5.74, 6) is -0.726. The van der Waals surface area contributed by atoms with Crippen LogP contribution in [0.1, 0.15) is 26.3 Å². The number of para-hydroxylation sites is 1. The largest absolute Gasteiger partial charge is 0.352 e. The first-order chi connectivity index (χ1) is 13.1. The van der Waals surface area contributed by atoms with Crippen LogP contribution in [0.2, 0.25) is 0 Å². The molecule has 0 unspecified atom stereocenters. The predicted octanol–water partition coefficient (Wildman–Crippen LogP) is 4.05. The van der Waals surface area contributed by atoms with E-state index in [-0.39, 0.29) is 17.6 Å². The van der Waals surface area contributed by atoms with E-state index in [0.717, 1.165) is 5.56 Å². The third-order valence-corrected chi connectivity index (χ3v) is 4.05. The maximum Gasteiger partial charge on any atom is 0.255 e. The molecule has 27 heavy (non-hydrogen) atoms. The van der Waals surface area contributed by atoms with Crippen LogP contribution < -0.4 is 10.6 Å². The number of anilines is 1. The molecule has 0 aliphatic heterocycles. The Bertz CT molecular complexity index is 907. The fourth-order valence-corrected chi connectivity index (χ4v) is 2.57. The van der Waals surface area contributed by atoms with Gasteiger partial charge in [-0.1, -0.05) is 30.3 Å². The second-order valence-corrected chi connectivity index (χ2v) is 6.03. The fourth-order valence-electron chi connectivity index (χ4n) is 2.57. The Morgan fingerprint density at radius 2 is 1.33 bits per heavy atom. The average molecular weight is 362 g/mol. The molecule has 0 saturated carbocycles. The van der Waals surface area contributed by atoms with E-state index >= 15 is 0 Å². The van der Waals surface area contributed by atoms with Gasteiger partial charge in [0.05, 0.1) is 0 Å². The lowest BCUT2D eigenvalue weighted by Crippen LogP contribution is -2.25. The first-order valence-corrected chi connectivity index (χ1v) is 8.61. The molecular formula is C22H19FN2O2. The molecule has 0 aromatic heterocycles. The Morgan fingerprint density at radius 1 is 0.741 bits per heavy atom. The number of halogens is 1. The first-order valence-electron chi connectivity index (χ1n) is 8.61. The quantitative estimate of drug-likeness (QED) is 0.695. The first kappa shape index (κ1) is 18.3. The third-order valence-electron chi connectivity index (χ3n) is 4.05. The minimum Gasteiger partial charge on any atom is -0.352 e. The van der Waals surface area contributed by atoms with Crippen molar-refractivity contribution >= 4 is 17.5 Å². The number of hydrogen-bond acceptors (Lipinski definition) is 2. The van der Waals surface area contributed by atoms with Gasteiger partial charge in [0, 0.05) is 23.4 Å². The van der Waals surface area contributed by atoms with Crippen molar-refractivity contribution in [3.8, 4) is 0 Å². The summed E-state index contributed by atoms with van der Waals surface area (Å²) in [6.45, 7) is 0.445. The second-order valence-electron chi connectivity index (χ2n) is 6.03. The Morgan fingerprint density at radius 3 is 1.96 bits per heavy atom. The van der Waals surface area contributed by atoms with Crippen LogP contribution >= 0.6 is 0 Å². The SMILES string of the molecule is O=C(NCCc1ccc(F)cc1)c1ccc(C(=O)Nc2ccccc2)cc1. The zero-order valence-electron chi connectivity index (χ0n) is 14.6. The van der Waals surface area contributed by atoms with Crippen molar-refractivity contribution in [1.29, 1.82) is 0 Å². The van der Waals surface area contributed by atoms with Crippen molar-refractivity contribution in [1.82, 2.24) is 5.32 Å². The maximum absolute atomic E-state index is 12.9. The van der Waals surface area contributed by atoms with Gasteiger partial charge in [-0.2, -0.15) is 0 Å². The van der Waals surface area contributed by atoms with Crippen LogP contribution in [-0.4, -0.2) is 18.4 Å². The molecule has 0 heterocycles. The Hall–Kier alpha value is -3.47. The number of benzene rings is 3. The molecule has 2 amide bonds. The third kappa shape index (κ3) is 5.25. The molecule has 0 saturated heterocycles. The van der Waals surface area contributed by atoms with E-state index in [1.807, 2.05) is 18.2 Å². The van der Waals surface area contributed by atoms with Gasteiger partial charge in [0.2, 0.25) is 0 Å². The maximum atomic E-state index is 12.9. The van der Waals surface area contributed by atoms with Gasteiger partial charge in [-0.05, 0) is 60.5 Å². The topological polar surface area (TPSA) is 58.2 Å².